The Morgan fingerprint density at radius 1 is 1.39 bits per heavy atom. The van der Waals surface area contributed by atoms with E-state index in [0.29, 0.717) is 20.8 Å². The number of halogens is 2. The molecule has 1 aromatic heterocycles. The molecule has 0 saturated heterocycles. The molecule has 94 valence electrons. The van der Waals surface area contributed by atoms with Crippen LogP contribution in [0.2, 0.25) is 5.02 Å². The molecule has 2 rings (SSSR count). The van der Waals surface area contributed by atoms with E-state index in [1.165, 1.54) is 0 Å². The van der Waals surface area contributed by atoms with Gasteiger partial charge in [0.2, 0.25) is 0 Å². The van der Waals surface area contributed by atoms with Crippen molar-refractivity contribution >= 4 is 33.4 Å². The molecule has 1 heterocycles. The third kappa shape index (κ3) is 2.76. The number of rotatable bonds is 3. The summed E-state index contributed by atoms with van der Waals surface area (Å²) in [6, 6.07) is 8.62. The highest BCUT2D eigenvalue weighted by Crippen LogP contribution is 2.26. The summed E-state index contributed by atoms with van der Waals surface area (Å²) in [5.74, 6) is 0.472. The average Bonchev–Trinajstić information content (AvgIpc) is 2.86. The zero-order valence-electron chi connectivity index (χ0n) is 9.61. The minimum Gasteiger partial charge on any atom is -0.467 e. The fraction of sp³-hybridized carbons (Fsp3) is 0.154. The van der Waals surface area contributed by atoms with Gasteiger partial charge in [-0.05, 0) is 47.1 Å². The van der Waals surface area contributed by atoms with Gasteiger partial charge in [-0.2, -0.15) is 0 Å². The van der Waals surface area contributed by atoms with Crippen LogP contribution in [0, 0.1) is 0 Å². The topological polar surface area (TPSA) is 42.2 Å². The van der Waals surface area contributed by atoms with E-state index in [4.69, 9.17) is 16.0 Å². The number of carbonyl (C=O) groups excluding carboxylic acids is 1. The van der Waals surface area contributed by atoms with Crippen molar-refractivity contribution in [1.29, 1.82) is 0 Å². The van der Waals surface area contributed by atoms with Gasteiger partial charge in [-0.3, -0.25) is 4.79 Å². The average molecular weight is 329 g/mol. The molecule has 2 aromatic rings. The van der Waals surface area contributed by atoms with Crippen LogP contribution in [0.3, 0.4) is 0 Å². The maximum absolute atomic E-state index is 12.1. The van der Waals surface area contributed by atoms with Gasteiger partial charge >= 0.3 is 0 Å². The van der Waals surface area contributed by atoms with Gasteiger partial charge in [0.05, 0.1) is 22.9 Å². The molecule has 0 radical (unpaired) electrons. The van der Waals surface area contributed by atoms with Gasteiger partial charge in [-0.25, -0.2) is 0 Å². The van der Waals surface area contributed by atoms with Crippen molar-refractivity contribution in [2.24, 2.45) is 0 Å². The Kier molecular flexibility index (Phi) is 4.09. The van der Waals surface area contributed by atoms with Gasteiger partial charge in [0.1, 0.15) is 5.76 Å². The maximum Gasteiger partial charge on any atom is 0.253 e. The molecule has 3 nitrogen and oxygen atoms in total. The fourth-order valence-corrected chi connectivity index (χ4v) is 2.14. The van der Waals surface area contributed by atoms with E-state index in [1.54, 1.807) is 30.5 Å². The summed E-state index contributed by atoms with van der Waals surface area (Å²) in [6.07, 6.45) is 1.57. The summed E-state index contributed by atoms with van der Waals surface area (Å²) in [7, 11) is 0. The molecule has 0 aliphatic heterocycles. The molecule has 1 atom stereocenters. The van der Waals surface area contributed by atoms with Gasteiger partial charge in [0.15, 0.2) is 0 Å². The first-order valence-electron chi connectivity index (χ1n) is 5.38. The zero-order chi connectivity index (χ0) is 13.1. The first kappa shape index (κ1) is 13.2. The van der Waals surface area contributed by atoms with Gasteiger partial charge < -0.3 is 9.73 Å². The van der Waals surface area contributed by atoms with Crippen molar-refractivity contribution in [1.82, 2.24) is 5.32 Å². The summed E-state index contributed by atoms with van der Waals surface area (Å²) in [6.45, 7) is 1.85. The SMILES string of the molecule is CC(NC(=O)c1cccc(Br)c1Cl)c1ccco1. The first-order chi connectivity index (χ1) is 8.59. The van der Waals surface area contributed by atoms with Crippen LogP contribution < -0.4 is 5.32 Å². The molecule has 0 saturated carbocycles. The van der Waals surface area contributed by atoms with Crippen molar-refractivity contribution in [2.75, 3.05) is 0 Å². The summed E-state index contributed by atoms with van der Waals surface area (Å²) < 4.78 is 5.93. The Balaban J connectivity index is 2.15. The lowest BCUT2D eigenvalue weighted by Gasteiger charge is -2.12. The molecule has 0 bridgehead atoms. The van der Waals surface area contributed by atoms with Crippen molar-refractivity contribution in [2.45, 2.75) is 13.0 Å². The van der Waals surface area contributed by atoms with E-state index >= 15 is 0 Å². The molecule has 1 N–H and O–H groups in total. The van der Waals surface area contributed by atoms with Gasteiger partial charge in [0.25, 0.3) is 5.91 Å². The van der Waals surface area contributed by atoms with Crippen LogP contribution in [-0.2, 0) is 0 Å². The lowest BCUT2D eigenvalue weighted by atomic mass is 10.2. The monoisotopic (exact) mass is 327 g/mol. The second kappa shape index (κ2) is 5.59. The van der Waals surface area contributed by atoms with Crippen LogP contribution in [-0.4, -0.2) is 5.91 Å². The summed E-state index contributed by atoms with van der Waals surface area (Å²) >= 11 is 9.35. The Bertz CT molecular complexity index is 554. The third-order valence-corrected chi connectivity index (χ3v) is 3.81. The van der Waals surface area contributed by atoms with Gasteiger partial charge in [-0.15, -0.1) is 0 Å². The molecule has 18 heavy (non-hydrogen) atoms. The number of hydrogen-bond acceptors (Lipinski definition) is 2. The number of amides is 1. The Hall–Kier alpha value is -1.26. The fourth-order valence-electron chi connectivity index (χ4n) is 1.56. The van der Waals surface area contributed by atoms with E-state index in [0.717, 1.165) is 0 Å². The second-order valence-electron chi connectivity index (χ2n) is 3.81. The second-order valence-corrected chi connectivity index (χ2v) is 5.04. The molecular formula is C13H11BrClNO2. The molecule has 5 heteroatoms. The molecule has 1 unspecified atom stereocenters. The van der Waals surface area contributed by atoms with Crippen LogP contribution in [0.1, 0.15) is 29.1 Å². The minimum atomic E-state index is -0.231. The van der Waals surface area contributed by atoms with Crippen molar-refractivity contribution in [3.05, 3.63) is 57.4 Å². The van der Waals surface area contributed by atoms with Crippen LogP contribution in [0.5, 0.6) is 0 Å². The predicted octanol–water partition coefficient (Wildman–Crippen LogP) is 4.19. The number of hydrogen-bond donors (Lipinski definition) is 1. The summed E-state index contributed by atoms with van der Waals surface area (Å²) in [5, 5.41) is 3.23. The smallest absolute Gasteiger partial charge is 0.253 e. The summed E-state index contributed by atoms with van der Waals surface area (Å²) in [4.78, 5) is 12.1. The van der Waals surface area contributed by atoms with Gasteiger partial charge in [0, 0.05) is 4.47 Å². The van der Waals surface area contributed by atoms with Crippen LogP contribution in [0.25, 0.3) is 0 Å². The highest BCUT2D eigenvalue weighted by Gasteiger charge is 2.16. The van der Waals surface area contributed by atoms with Gasteiger partial charge in [-0.1, -0.05) is 17.7 Å². The standard InChI is InChI=1S/C13H11BrClNO2/c1-8(11-6-3-7-18-11)16-13(17)9-4-2-5-10(14)12(9)15/h2-8H,1H3,(H,16,17). The van der Waals surface area contributed by atoms with E-state index in [1.807, 2.05) is 13.0 Å². The van der Waals surface area contributed by atoms with Crippen molar-refractivity contribution < 1.29 is 9.21 Å². The number of furan rings is 1. The molecule has 0 fully saturated rings. The molecule has 0 aliphatic carbocycles. The highest BCUT2D eigenvalue weighted by molar-refractivity contribution is 9.10. The van der Waals surface area contributed by atoms with E-state index in [-0.39, 0.29) is 11.9 Å². The quantitative estimate of drug-likeness (QED) is 0.918. The Morgan fingerprint density at radius 3 is 2.83 bits per heavy atom. The van der Waals surface area contributed by atoms with Crippen molar-refractivity contribution in [3.63, 3.8) is 0 Å². The number of benzene rings is 1. The van der Waals surface area contributed by atoms with E-state index in [9.17, 15) is 4.79 Å². The van der Waals surface area contributed by atoms with E-state index < -0.39 is 0 Å². The normalized spacial score (nSPS) is 12.2. The van der Waals surface area contributed by atoms with E-state index in [2.05, 4.69) is 21.2 Å². The zero-order valence-corrected chi connectivity index (χ0v) is 12.0. The predicted molar refractivity (Wildman–Crippen MR) is 73.7 cm³/mol. The first-order valence-corrected chi connectivity index (χ1v) is 6.55. The molecule has 1 amide bonds. The lowest BCUT2D eigenvalue weighted by Crippen LogP contribution is -2.26. The van der Waals surface area contributed by atoms with Crippen LogP contribution in [0.15, 0.2) is 45.5 Å². The number of carbonyl (C=O) groups is 1. The van der Waals surface area contributed by atoms with Crippen LogP contribution in [0.4, 0.5) is 0 Å². The summed E-state index contributed by atoms with van der Waals surface area (Å²) in [5.41, 5.74) is 0.435. The lowest BCUT2D eigenvalue weighted by molar-refractivity contribution is 0.0935. The molecule has 0 spiro atoms. The maximum atomic E-state index is 12.1. The minimum absolute atomic E-state index is 0.206. The Morgan fingerprint density at radius 2 is 2.17 bits per heavy atom. The molecular weight excluding hydrogens is 318 g/mol. The highest BCUT2D eigenvalue weighted by atomic mass is 79.9. The molecule has 0 aliphatic rings. The van der Waals surface area contributed by atoms with Crippen molar-refractivity contribution in [3.8, 4) is 0 Å². The van der Waals surface area contributed by atoms with Crippen LogP contribution >= 0.6 is 27.5 Å². The molecule has 1 aromatic carbocycles. The Labute approximate surface area is 118 Å². The third-order valence-electron chi connectivity index (χ3n) is 2.51. The largest absolute Gasteiger partial charge is 0.467 e. The number of nitrogens with one attached hydrogen (secondary N) is 1.